The number of hydrogen-bond acceptors (Lipinski definition) is 6. The highest BCUT2D eigenvalue weighted by Crippen LogP contribution is 2.34. The molecule has 34 heavy (non-hydrogen) atoms. The van der Waals surface area contributed by atoms with Crippen molar-refractivity contribution in [2.45, 2.75) is 37.8 Å². The highest BCUT2D eigenvalue weighted by Gasteiger charge is 2.49. The Labute approximate surface area is 192 Å². The number of aryl methyl sites for hydroxylation is 1. The van der Waals surface area contributed by atoms with Crippen molar-refractivity contribution in [2.24, 2.45) is 5.10 Å². The van der Waals surface area contributed by atoms with E-state index in [-0.39, 0.29) is 12.4 Å². The van der Waals surface area contributed by atoms with Crippen molar-refractivity contribution >= 4 is 21.7 Å². The van der Waals surface area contributed by atoms with Crippen LogP contribution in [0.3, 0.4) is 0 Å². The number of halogens is 5. The fourth-order valence-corrected chi connectivity index (χ4v) is 3.86. The lowest BCUT2D eigenvalue weighted by atomic mass is 10.0. The largest absolute Gasteiger partial charge is 0.493 e. The summed E-state index contributed by atoms with van der Waals surface area (Å²) >= 11 is 0. The molecule has 2 aromatic rings. The number of carbonyl (C=O) groups is 1. The SMILES string of the molecule is CCOC(=O)C(F)(F)C(=NNS(=O)(=O)c1ccccc1C(F)(F)F)c1cc(C)ccc1OCC. The summed E-state index contributed by atoms with van der Waals surface area (Å²) in [5, 5.41) is 3.20. The maximum Gasteiger partial charge on any atom is 0.417 e. The number of esters is 1. The van der Waals surface area contributed by atoms with Gasteiger partial charge in [0.05, 0.1) is 18.8 Å². The smallest absolute Gasteiger partial charge is 0.417 e. The molecule has 0 aromatic heterocycles. The molecule has 0 radical (unpaired) electrons. The minimum atomic E-state index is -5.09. The van der Waals surface area contributed by atoms with Gasteiger partial charge >= 0.3 is 18.1 Å². The number of hydrogen-bond donors (Lipinski definition) is 1. The molecule has 186 valence electrons. The van der Waals surface area contributed by atoms with Gasteiger partial charge < -0.3 is 9.47 Å². The normalized spacial score (nSPS) is 12.9. The van der Waals surface area contributed by atoms with Gasteiger partial charge in [-0.15, -0.1) is 0 Å². The third kappa shape index (κ3) is 6.01. The van der Waals surface area contributed by atoms with Crippen LogP contribution >= 0.6 is 0 Å². The van der Waals surface area contributed by atoms with Crippen LogP contribution in [0.25, 0.3) is 0 Å². The van der Waals surface area contributed by atoms with Gasteiger partial charge in [0.25, 0.3) is 10.0 Å². The molecule has 0 fully saturated rings. The van der Waals surface area contributed by atoms with Gasteiger partial charge in [-0.3, -0.25) is 0 Å². The first-order valence-electron chi connectivity index (χ1n) is 9.80. The minimum Gasteiger partial charge on any atom is -0.493 e. The van der Waals surface area contributed by atoms with Crippen LogP contribution in [-0.4, -0.2) is 39.2 Å². The molecule has 0 unspecified atom stereocenters. The van der Waals surface area contributed by atoms with Crippen molar-refractivity contribution in [2.75, 3.05) is 13.2 Å². The lowest BCUT2D eigenvalue weighted by Gasteiger charge is -2.20. The zero-order valence-electron chi connectivity index (χ0n) is 18.2. The van der Waals surface area contributed by atoms with Crippen LogP contribution in [0.2, 0.25) is 0 Å². The zero-order chi connectivity index (χ0) is 25.7. The lowest BCUT2D eigenvalue weighted by Crippen LogP contribution is -2.41. The van der Waals surface area contributed by atoms with Gasteiger partial charge in [0.15, 0.2) is 5.71 Å². The molecule has 0 saturated carbocycles. The topological polar surface area (TPSA) is 94.1 Å². The molecule has 13 heteroatoms. The van der Waals surface area contributed by atoms with Crippen LogP contribution in [0.5, 0.6) is 5.75 Å². The van der Waals surface area contributed by atoms with E-state index < -0.39 is 56.4 Å². The molecule has 0 aliphatic carbocycles. The van der Waals surface area contributed by atoms with E-state index >= 15 is 8.78 Å². The molecule has 1 N–H and O–H groups in total. The molecule has 0 aliphatic heterocycles. The summed E-state index contributed by atoms with van der Waals surface area (Å²) in [5.74, 6) is -6.68. The molecule has 0 atom stereocenters. The first kappa shape index (κ1) is 27.0. The Bertz CT molecular complexity index is 1180. The molecule has 0 spiro atoms. The van der Waals surface area contributed by atoms with Gasteiger partial charge in [0.2, 0.25) is 0 Å². The maximum absolute atomic E-state index is 15.1. The molecule has 0 saturated heterocycles. The number of nitrogens with zero attached hydrogens (tertiary/aromatic N) is 1. The van der Waals surface area contributed by atoms with Crippen LogP contribution in [0.4, 0.5) is 22.0 Å². The predicted molar refractivity (Wildman–Crippen MR) is 112 cm³/mol. The van der Waals surface area contributed by atoms with Crippen LogP contribution < -0.4 is 9.57 Å². The molecule has 0 heterocycles. The Balaban J connectivity index is 2.70. The number of rotatable bonds is 9. The fourth-order valence-electron chi connectivity index (χ4n) is 2.82. The maximum atomic E-state index is 15.1. The van der Waals surface area contributed by atoms with Gasteiger partial charge in [-0.05, 0) is 45.0 Å². The number of nitrogens with one attached hydrogen (secondary N) is 1. The molecule has 0 bridgehead atoms. The van der Waals surface area contributed by atoms with E-state index in [2.05, 4.69) is 9.84 Å². The molecule has 2 aromatic carbocycles. The van der Waals surface area contributed by atoms with Gasteiger partial charge in [0.1, 0.15) is 10.6 Å². The van der Waals surface area contributed by atoms with Gasteiger partial charge in [-0.1, -0.05) is 23.8 Å². The second-order valence-electron chi connectivity index (χ2n) is 6.78. The molecule has 2 rings (SSSR count). The number of benzene rings is 2. The minimum absolute atomic E-state index is 0.0268. The van der Waals surface area contributed by atoms with Crippen LogP contribution in [0, 0.1) is 6.92 Å². The van der Waals surface area contributed by atoms with E-state index in [4.69, 9.17) is 4.74 Å². The Kier molecular flexibility index (Phi) is 8.24. The van der Waals surface area contributed by atoms with Gasteiger partial charge in [-0.2, -0.15) is 40.3 Å². The lowest BCUT2D eigenvalue weighted by molar-refractivity contribution is -0.162. The molecular weight excluding hydrogens is 487 g/mol. The van der Waals surface area contributed by atoms with Crippen molar-refractivity contribution in [3.63, 3.8) is 0 Å². The van der Waals surface area contributed by atoms with E-state index in [1.165, 1.54) is 30.8 Å². The van der Waals surface area contributed by atoms with Crippen molar-refractivity contribution in [1.29, 1.82) is 0 Å². The molecular formula is C21H21F5N2O5S. The van der Waals surface area contributed by atoms with Gasteiger partial charge in [-0.25, -0.2) is 4.79 Å². The zero-order valence-corrected chi connectivity index (χ0v) is 19.1. The number of ether oxygens (including phenoxy) is 2. The third-order valence-corrected chi connectivity index (χ3v) is 5.55. The Morgan fingerprint density at radius 2 is 1.68 bits per heavy atom. The second-order valence-corrected chi connectivity index (χ2v) is 8.41. The second kappa shape index (κ2) is 10.4. The highest BCUT2D eigenvalue weighted by molar-refractivity contribution is 7.89. The van der Waals surface area contributed by atoms with Crippen molar-refractivity contribution in [1.82, 2.24) is 4.83 Å². The quantitative estimate of drug-likeness (QED) is 0.236. The molecule has 0 amide bonds. The summed E-state index contributed by atoms with van der Waals surface area (Å²) in [5.41, 5.74) is -2.96. The third-order valence-electron chi connectivity index (χ3n) is 4.28. The monoisotopic (exact) mass is 508 g/mol. The number of hydrazone groups is 1. The number of alkyl halides is 5. The summed E-state index contributed by atoms with van der Waals surface area (Å²) in [7, 11) is -5.09. The van der Waals surface area contributed by atoms with E-state index in [0.29, 0.717) is 17.7 Å². The van der Waals surface area contributed by atoms with E-state index in [1.54, 1.807) is 6.92 Å². The van der Waals surface area contributed by atoms with Crippen LogP contribution in [0.15, 0.2) is 52.5 Å². The summed E-state index contributed by atoms with van der Waals surface area (Å²) in [4.78, 5) is 12.2. The summed E-state index contributed by atoms with van der Waals surface area (Å²) < 4.78 is 105. The Hall–Kier alpha value is -3.22. The first-order valence-corrected chi connectivity index (χ1v) is 11.3. The van der Waals surface area contributed by atoms with Crippen LogP contribution in [0.1, 0.15) is 30.5 Å². The van der Waals surface area contributed by atoms with Crippen molar-refractivity contribution in [3.8, 4) is 5.75 Å². The first-order chi connectivity index (χ1) is 15.8. The van der Waals surface area contributed by atoms with Crippen molar-refractivity contribution in [3.05, 3.63) is 59.2 Å². The standard InChI is InChI=1S/C21H21F5N2O5S/c1-4-32-16-11-10-13(3)12-14(16)18(20(22,23)19(29)33-5-2)27-28-34(30,31)17-9-7-6-8-15(17)21(24,25)26/h6-12,28H,4-5H2,1-3H3. The van der Waals surface area contributed by atoms with Gasteiger partial charge in [0, 0.05) is 5.56 Å². The number of sulfonamides is 1. The van der Waals surface area contributed by atoms with E-state index in [0.717, 1.165) is 18.2 Å². The molecule has 7 nitrogen and oxygen atoms in total. The Morgan fingerprint density at radius 3 is 2.26 bits per heavy atom. The predicted octanol–water partition coefficient (Wildman–Crippen LogP) is 4.29. The molecule has 0 aliphatic rings. The Morgan fingerprint density at radius 1 is 1.03 bits per heavy atom. The van der Waals surface area contributed by atoms with E-state index in [1.807, 2.05) is 0 Å². The highest BCUT2D eigenvalue weighted by atomic mass is 32.2. The van der Waals surface area contributed by atoms with E-state index in [9.17, 15) is 26.4 Å². The average molecular weight is 508 g/mol. The fraction of sp³-hybridized carbons (Fsp3) is 0.333. The summed E-state index contributed by atoms with van der Waals surface area (Å²) in [6.07, 6.45) is -5.05. The summed E-state index contributed by atoms with van der Waals surface area (Å²) in [6, 6.07) is 7.12. The average Bonchev–Trinajstić information content (AvgIpc) is 2.75. The van der Waals surface area contributed by atoms with Crippen molar-refractivity contribution < 1.29 is 44.6 Å². The number of carbonyl (C=O) groups excluding carboxylic acids is 1. The summed E-state index contributed by atoms with van der Waals surface area (Å²) in [6.45, 7) is 3.97. The van der Waals surface area contributed by atoms with Crippen LogP contribution in [-0.2, 0) is 25.7 Å².